The first kappa shape index (κ1) is 14.9. The third kappa shape index (κ3) is 3.21. The van der Waals surface area contributed by atoms with Crippen molar-refractivity contribution in [2.75, 3.05) is 19.6 Å². The predicted octanol–water partition coefficient (Wildman–Crippen LogP) is 1.99. The second-order valence-electron chi connectivity index (χ2n) is 4.57. The third-order valence-electron chi connectivity index (χ3n) is 3.07. The topological polar surface area (TPSA) is 32.3 Å². The first-order valence-corrected chi connectivity index (χ1v) is 5.87. The minimum atomic E-state index is -0.298. The molecule has 2 rings (SSSR count). The Morgan fingerprint density at radius 2 is 2.22 bits per heavy atom. The Morgan fingerprint density at radius 3 is 2.83 bits per heavy atom. The summed E-state index contributed by atoms with van der Waals surface area (Å²) in [5.41, 5.74) is 1.29. The molecule has 1 fully saturated rings. The maximum atomic E-state index is 13.0. The summed E-state index contributed by atoms with van der Waals surface area (Å²) in [5.74, 6) is -0.302. The highest BCUT2D eigenvalue weighted by Crippen LogP contribution is 2.14. The van der Waals surface area contributed by atoms with Crippen molar-refractivity contribution in [1.29, 1.82) is 0 Å². The van der Waals surface area contributed by atoms with Gasteiger partial charge in [-0.15, -0.1) is 12.4 Å². The normalized spacial score (nSPS) is 19.3. The first-order valence-electron chi connectivity index (χ1n) is 5.87. The molecule has 1 aliphatic heterocycles. The molecule has 1 N–H and O–H groups in total. The quantitative estimate of drug-likeness (QED) is 0.848. The highest BCUT2D eigenvalue weighted by Gasteiger charge is 2.22. The highest BCUT2D eigenvalue weighted by atomic mass is 35.5. The minimum Gasteiger partial charge on any atom is -0.336 e. The highest BCUT2D eigenvalue weighted by molar-refractivity contribution is 5.95. The van der Waals surface area contributed by atoms with Crippen molar-refractivity contribution < 1.29 is 9.18 Å². The SMILES string of the molecule is Cc1cc(F)ccc1C(=O)N1CCNC(C)C1.Cl. The van der Waals surface area contributed by atoms with Gasteiger partial charge >= 0.3 is 0 Å². The Balaban J connectivity index is 0.00000162. The lowest BCUT2D eigenvalue weighted by atomic mass is 10.1. The van der Waals surface area contributed by atoms with Crippen LogP contribution in [0.4, 0.5) is 4.39 Å². The first-order chi connectivity index (χ1) is 8.08. The predicted molar refractivity (Wildman–Crippen MR) is 71.8 cm³/mol. The Bertz CT molecular complexity index is 439. The zero-order valence-corrected chi connectivity index (χ0v) is 11.4. The fraction of sp³-hybridized carbons (Fsp3) is 0.462. The van der Waals surface area contributed by atoms with Crippen LogP contribution in [0.3, 0.4) is 0 Å². The number of rotatable bonds is 1. The van der Waals surface area contributed by atoms with Crippen LogP contribution in [0.15, 0.2) is 18.2 Å². The lowest BCUT2D eigenvalue weighted by Gasteiger charge is -2.32. The maximum Gasteiger partial charge on any atom is 0.254 e. The monoisotopic (exact) mass is 272 g/mol. The molecule has 100 valence electrons. The molecular weight excluding hydrogens is 255 g/mol. The van der Waals surface area contributed by atoms with E-state index in [9.17, 15) is 9.18 Å². The molecule has 0 saturated carbocycles. The Labute approximate surface area is 113 Å². The van der Waals surface area contributed by atoms with Crippen LogP contribution >= 0.6 is 12.4 Å². The van der Waals surface area contributed by atoms with Crippen molar-refractivity contribution in [2.24, 2.45) is 0 Å². The number of carbonyl (C=O) groups excluding carboxylic acids is 1. The maximum absolute atomic E-state index is 13.0. The van der Waals surface area contributed by atoms with Gasteiger partial charge in [-0.05, 0) is 37.6 Å². The summed E-state index contributed by atoms with van der Waals surface area (Å²) in [6, 6.07) is 4.62. The van der Waals surface area contributed by atoms with Crippen LogP contribution in [0, 0.1) is 12.7 Å². The number of halogens is 2. The molecule has 3 nitrogen and oxygen atoms in total. The lowest BCUT2D eigenvalue weighted by Crippen LogP contribution is -2.51. The summed E-state index contributed by atoms with van der Waals surface area (Å²) in [6.45, 7) is 6.04. The van der Waals surface area contributed by atoms with Gasteiger partial charge in [0.05, 0.1) is 0 Å². The van der Waals surface area contributed by atoms with E-state index in [1.165, 1.54) is 12.1 Å². The van der Waals surface area contributed by atoms with Crippen molar-refractivity contribution in [3.63, 3.8) is 0 Å². The molecular formula is C13H18ClFN2O. The van der Waals surface area contributed by atoms with E-state index in [1.54, 1.807) is 13.0 Å². The number of hydrogen-bond donors (Lipinski definition) is 1. The average molecular weight is 273 g/mol. The van der Waals surface area contributed by atoms with Gasteiger partial charge in [0.15, 0.2) is 0 Å². The number of piperazine rings is 1. The van der Waals surface area contributed by atoms with Crippen molar-refractivity contribution in [3.8, 4) is 0 Å². The number of benzene rings is 1. The van der Waals surface area contributed by atoms with E-state index in [0.29, 0.717) is 30.3 Å². The molecule has 18 heavy (non-hydrogen) atoms. The number of amides is 1. The molecule has 0 aromatic heterocycles. The molecule has 1 atom stereocenters. The van der Waals surface area contributed by atoms with Gasteiger partial charge in [0.25, 0.3) is 5.91 Å². The fourth-order valence-corrected chi connectivity index (χ4v) is 2.15. The molecule has 0 radical (unpaired) electrons. The van der Waals surface area contributed by atoms with Crippen LogP contribution in [0.2, 0.25) is 0 Å². The van der Waals surface area contributed by atoms with Gasteiger partial charge in [-0.25, -0.2) is 4.39 Å². The van der Waals surface area contributed by atoms with E-state index >= 15 is 0 Å². The number of nitrogens with one attached hydrogen (secondary N) is 1. The van der Waals surface area contributed by atoms with Crippen molar-refractivity contribution in [2.45, 2.75) is 19.9 Å². The van der Waals surface area contributed by atoms with Gasteiger partial charge in [0, 0.05) is 31.2 Å². The van der Waals surface area contributed by atoms with Crippen LogP contribution in [0.25, 0.3) is 0 Å². The van der Waals surface area contributed by atoms with Gasteiger partial charge in [-0.2, -0.15) is 0 Å². The Morgan fingerprint density at radius 1 is 1.50 bits per heavy atom. The zero-order valence-electron chi connectivity index (χ0n) is 10.6. The van der Waals surface area contributed by atoms with E-state index in [2.05, 4.69) is 12.2 Å². The zero-order chi connectivity index (χ0) is 12.4. The van der Waals surface area contributed by atoms with E-state index in [4.69, 9.17) is 0 Å². The second-order valence-corrected chi connectivity index (χ2v) is 4.57. The molecule has 1 aromatic carbocycles. The summed E-state index contributed by atoms with van der Waals surface area (Å²) in [4.78, 5) is 14.1. The minimum absolute atomic E-state index is 0. The van der Waals surface area contributed by atoms with Crippen LogP contribution < -0.4 is 5.32 Å². The molecule has 1 amide bonds. The Hall–Kier alpha value is -1.13. The molecule has 1 heterocycles. The van der Waals surface area contributed by atoms with Crippen LogP contribution in [-0.2, 0) is 0 Å². The lowest BCUT2D eigenvalue weighted by molar-refractivity contribution is 0.0708. The number of hydrogen-bond acceptors (Lipinski definition) is 2. The standard InChI is InChI=1S/C13H17FN2O.ClH/c1-9-7-11(14)3-4-12(9)13(17)16-6-5-15-10(2)8-16;/h3-4,7,10,15H,5-6,8H2,1-2H3;1H. The van der Waals surface area contributed by atoms with E-state index in [-0.39, 0.29) is 24.1 Å². The molecule has 1 aliphatic rings. The van der Waals surface area contributed by atoms with Crippen LogP contribution in [0.1, 0.15) is 22.8 Å². The molecule has 5 heteroatoms. The van der Waals surface area contributed by atoms with Gasteiger partial charge in [-0.1, -0.05) is 0 Å². The third-order valence-corrected chi connectivity index (χ3v) is 3.07. The van der Waals surface area contributed by atoms with Crippen molar-refractivity contribution in [3.05, 3.63) is 35.1 Å². The average Bonchev–Trinajstić information content (AvgIpc) is 2.28. The molecule has 0 bridgehead atoms. The molecule has 0 spiro atoms. The fourth-order valence-electron chi connectivity index (χ4n) is 2.15. The van der Waals surface area contributed by atoms with Gasteiger partial charge < -0.3 is 10.2 Å². The van der Waals surface area contributed by atoms with E-state index in [1.807, 2.05) is 4.90 Å². The summed E-state index contributed by atoms with van der Waals surface area (Å²) >= 11 is 0. The molecule has 0 aliphatic carbocycles. The molecule has 1 aromatic rings. The number of carbonyl (C=O) groups is 1. The number of nitrogens with zero attached hydrogens (tertiary/aromatic N) is 1. The summed E-state index contributed by atoms with van der Waals surface area (Å²) < 4.78 is 13.0. The summed E-state index contributed by atoms with van der Waals surface area (Å²) in [5, 5.41) is 3.29. The summed E-state index contributed by atoms with van der Waals surface area (Å²) in [7, 11) is 0. The van der Waals surface area contributed by atoms with Crippen molar-refractivity contribution in [1.82, 2.24) is 10.2 Å². The molecule has 1 unspecified atom stereocenters. The van der Waals surface area contributed by atoms with Crippen LogP contribution in [0.5, 0.6) is 0 Å². The van der Waals surface area contributed by atoms with Crippen molar-refractivity contribution >= 4 is 18.3 Å². The van der Waals surface area contributed by atoms with Gasteiger partial charge in [0.2, 0.25) is 0 Å². The second kappa shape index (κ2) is 6.16. The van der Waals surface area contributed by atoms with E-state index < -0.39 is 0 Å². The molecule has 1 saturated heterocycles. The Kier molecular flexibility index (Phi) is 5.11. The number of aryl methyl sites for hydroxylation is 1. The van der Waals surface area contributed by atoms with Gasteiger partial charge in [0.1, 0.15) is 5.82 Å². The largest absolute Gasteiger partial charge is 0.336 e. The van der Waals surface area contributed by atoms with Gasteiger partial charge in [-0.3, -0.25) is 4.79 Å². The van der Waals surface area contributed by atoms with Crippen LogP contribution in [-0.4, -0.2) is 36.5 Å². The van der Waals surface area contributed by atoms with E-state index in [0.717, 1.165) is 6.54 Å². The summed E-state index contributed by atoms with van der Waals surface area (Å²) in [6.07, 6.45) is 0. The smallest absolute Gasteiger partial charge is 0.254 e.